The zero-order valence-electron chi connectivity index (χ0n) is 12.3. The minimum Gasteiger partial charge on any atom is -0.385 e. The number of hydrogen-bond donors (Lipinski definition) is 1. The summed E-state index contributed by atoms with van der Waals surface area (Å²) in [6.07, 6.45) is 10.6. The molecule has 1 N–H and O–H groups in total. The van der Waals surface area contributed by atoms with Gasteiger partial charge in [-0.3, -0.25) is 0 Å². The van der Waals surface area contributed by atoms with Gasteiger partial charge in [0.2, 0.25) is 5.95 Å². The number of methoxy groups -OCH3 is 1. The van der Waals surface area contributed by atoms with E-state index in [0.29, 0.717) is 0 Å². The molecular weight excluding hydrogens is 238 g/mol. The number of hydrogen-bond acceptors (Lipinski definition) is 3. The Balaban J connectivity index is 1.84. The van der Waals surface area contributed by atoms with Crippen molar-refractivity contribution >= 4 is 5.95 Å². The highest BCUT2D eigenvalue weighted by Gasteiger charge is 2.22. The molecule has 19 heavy (non-hydrogen) atoms. The van der Waals surface area contributed by atoms with E-state index in [1.54, 1.807) is 7.11 Å². The zero-order valence-corrected chi connectivity index (χ0v) is 12.3. The average Bonchev–Trinajstić information content (AvgIpc) is 2.85. The topological polar surface area (TPSA) is 39.1 Å². The molecule has 4 nitrogen and oxygen atoms in total. The molecule has 1 aromatic heterocycles. The summed E-state index contributed by atoms with van der Waals surface area (Å²) >= 11 is 0. The highest BCUT2D eigenvalue weighted by atomic mass is 16.5. The van der Waals surface area contributed by atoms with Crippen LogP contribution in [0.4, 0.5) is 5.95 Å². The van der Waals surface area contributed by atoms with Gasteiger partial charge in [-0.15, -0.1) is 0 Å². The van der Waals surface area contributed by atoms with Crippen LogP contribution in [-0.4, -0.2) is 29.8 Å². The van der Waals surface area contributed by atoms with Gasteiger partial charge in [-0.1, -0.05) is 26.2 Å². The summed E-state index contributed by atoms with van der Waals surface area (Å²) in [5.74, 6) is 2.66. The lowest BCUT2D eigenvalue weighted by molar-refractivity contribution is 0.197. The molecular formula is C15H27N3O. The third-order valence-electron chi connectivity index (χ3n) is 4.24. The fourth-order valence-corrected chi connectivity index (χ4v) is 2.96. The molecule has 2 atom stereocenters. The summed E-state index contributed by atoms with van der Waals surface area (Å²) in [7, 11) is 1.74. The number of nitrogens with zero attached hydrogens (tertiary/aromatic N) is 2. The van der Waals surface area contributed by atoms with Gasteiger partial charge in [0, 0.05) is 39.2 Å². The molecule has 0 saturated heterocycles. The molecule has 1 aliphatic carbocycles. The van der Waals surface area contributed by atoms with E-state index in [1.807, 2.05) is 6.20 Å². The molecule has 2 rings (SSSR count). The van der Waals surface area contributed by atoms with Gasteiger partial charge in [0.05, 0.1) is 0 Å². The summed E-state index contributed by atoms with van der Waals surface area (Å²) in [6, 6.07) is 0. The van der Waals surface area contributed by atoms with Crippen molar-refractivity contribution in [3.05, 3.63) is 12.4 Å². The summed E-state index contributed by atoms with van der Waals surface area (Å²) in [4.78, 5) is 4.42. The van der Waals surface area contributed by atoms with E-state index < -0.39 is 0 Å². The normalized spacial score (nSPS) is 23.5. The maximum Gasteiger partial charge on any atom is 0.202 e. The quantitative estimate of drug-likeness (QED) is 0.770. The van der Waals surface area contributed by atoms with E-state index >= 15 is 0 Å². The maximum atomic E-state index is 5.06. The van der Waals surface area contributed by atoms with E-state index in [4.69, 9.17) is 4.74 Å². The summed E-state index contributed by atoms with van der Waals surface area (Å²) in [6.45, 7) is 5.22. The van der Waals surface area contributed by atoms with Gasteiger partial charge in [-0.05, 0) is 24.7 Å². The van der Waals surface area contributed by atoms with Gasteiger partial charge in [-0.25, -0.2) is 4.98 Å². The van der Waals surface area contributed by atoms with Crippen molar-refractivity contribution in [3.8, 4) is 0 Å². The van der Waals surface area contributed by atoms with Crippen LogP contribution in [0.3, 0.4) is 0 Å². The molecule has 1 heterocycles. The van der Waals surface area contributed by atoms with Crippen molar-refractivity contribution < 1.29 is 4.74 Å². The number of nitrogens with one attached hydrogen (secondary N) is 1. The first-order chi connectivity index (χ1) is 9.31. The molecule has 0 spiro atoms. The molecule has 4 heteroatoms. The molecule has 1 saturated carbocycles. The van der Waals surface area contributed by atoms with E-state index in [2.05, 4.69) is 28.0 Å². The number of anilines is 1. The Morgan fingerprint density at radius 2 is 2.26 bits per heavy atom. The van der Waals surface area contributed by atoms with Crippen molar-refractivity contribution in [2.45, 2.75) is 45.6 Å². The lowest BCUT2D eigenvalue weighted by atomic mass is 9.80. The first-order valence-corrected chi connectivity index (χ1v) is 7.55. The smallest absolute Gasteiger partial charge is 0.202 e. The van der Waals surface area contributed by atoms with Crippen molar-refractivity contribution in [2.75, 3.05) is 25.6 Å². The number of rotatable bonds is 7. The SMILES string of the molecule is COCCCNc1nccn1CC1CCCCC1C. The Kier molecular flexibility index (Phi) is 5.70. The Hall–Kier alpha value is -1.03. The molecule has 0 bridgehead atoms. The van der Waals surface area contributed by atoms with Crippen LogP contribution < -0.4 is 5.32 Å². The molecule has 0 aromatic carbocycles. The van der Waals surface area contributed by atoms with Gasteiger partial charge in [0.1, 0.15) is 0 Å². The predicted octanol–water partition coefficient (Wildman–Crippen LogP) is 3.16. The van der Waals surface area contributed by atoms with Crippen LogP contribution in [0.5, 0.6) is 0 Å². The number of imidazole rings is 1. The van der Waals surface area contributed by atoms with E-state index in [0.717, 1.165) is 43.9 Å². The highest BCUT2D eigenvalue weighted by molar-refractivity contribution is 5.25. The lowest BCUT2D eigenvalue weighted by Crippen LogP contribution is -2.22. The monoisotopic (exact) mass is 265 g/mol. The number of ether oxygens (including phenoxy) is 1. The molecule has 1 aromatic rings. The summed E-state index contributed by atoms with van der Waals surface area (Å²) < 4.78 is 7.34. The van der Waals surface area contributed by atoms with Crippen LogP contribution in [0.25, 0.3) is 0 Å². The average molecular weight is 265 g/mol. The van der Waals surface area contributed by atoms with E-state index in [1.165, 1.54) is 25.7 Å². The Morgan fingerprint density at radius 1 is 1.42 bits per heavy atom. The van der Waals surface area contributed by atoms with Crippen molar-refractivity contribution in [2.24, 2.45) is 11.8 Å². The van der Waals surface area contributed by atoms with Gasteiger partial charge in [0.15, 0.2) is 0 Å². The van der Waals surface area contributed by atoms with Crippen LogP contribution in [-0.2, 0) is 11.3 Å². The fourth-order valence-electron chi connectivity index (χ4n) is 2.96. The largest absolute Gasteiger partial charge is 0.385 e. The van der Waals surface area contributed by atoms with Gasteiger partial charge >= 0.3 is 0 Å². The highest BCUT2D eigenvalue weighted by Crippen LogP contribution is 2.31. The molecule has 108 valence electrons. The fraction of sp³-hybridized carbons (Fsp3) is 0.800. The molecule has 0 amide bonds. The molecule has 2 unspecified atom stereocenters. The van der Waals surface area contributed by atoms with Crippen LogP contribution >= 0.6 is 0 Å². The second-order valence-corrected chi connectivity index (χ2v) is 5.70. The second kappa shape index (κ2) is 7.53. The Morgan fingerprint density at radius 3 is 3.05 bits per heavy atom. The van der Waals surface area contributed by atoms with E-state index in [9.17, 15) is 0 Å². The Bertz CT molecular complexity index is 364. The van der Waals surface area contributed by atoms with E-state index in [-0.39, 0.29) is 0 Å². The first-order valence-electron chi connectivity index (χ1n) is 7.55. The predicted molar refractivity (Wildman–Crippen MR) is 78.3 cm³/mol. The third kappa shape index (κ3) is 4.23. The molecule has 1 fully saturated rings. The van der Waals surface area contributed by atoms with Crippen LogP contribution in [0.1, 0.15) is 39.0 Å². The van der Waals surface area contributed by atoms with Crippen LogP contribution in [0.2, 0.25) is 0 Å². The number of aromatic nitrogens is 2. The van der Waals surface area contributed by atoms with Crippen molar-refractivity contribution in [1.82, 2.24) is 9.55 Å². The van der Waals surface area contributed by atoms with Gasteiger partial charge in [-0.2, -0.15) is 0 Å². The minimum atomic E-state index is 0.799. The van der Waals surface area contributed by atoms with Gasteiger partial charge in [0.25, 0.3) is 0 Å². The Labute approximate surface area is 116 Å². The summed E-state index contributed by atoms with van der Waals surface area (Å²) in [5.41, 5.74) is 0. The van der Waals surface area contributed by atoms with Crippen LogP contribution in [0.15, 0.2) is 12.4 Å². The third-order valence-corrected chi connectivity index (χ3v) is 4.24. The first kappa shape index (κ1) is 14.4. The maximum absolute atomic E-state index is 5.06. The van der Waals surface area contributed by atoms with Crippen LogP contribution in [0, 0.1) is 11.8 Å². The molecule has 0 radical (unpaired) electrons. The second-order valence-electron chi connectivity index (χ2n) is 5.70. The zero-order chi connectivity index (χ0) is 13.5. The molecule has 0 aliphatic heterocycles. The van der Waals surface area contributed by atoms with Crippen molar-refractivity contribution in [3.63, 3.8) is 0 Å². The minimum absolute atomic E-state index is 0.799. The lowest BCUT2D eigenvalue weighted by Gasteiger charge is -2.29. The molecule has 1 aliphatic rings. The standard InChI is InChI=1S/C15H27N3O/c1-13-6-3-4-7-14(13)12-18-10-9-17-15(18)16-8-5-11-19-2/h9-10,13-14H,3-8,11-12H2,1-2H3,(H,16,17). The van der Waals surface area contributed by atoms with Crippen molar-refractivity contribution in [1.29, 1.82) is 0 Å². The summed E-state index contributed by atoms with van der Waals surface area (Å²) in [5, 5.41) is 3.40. The van der Waals surface area contributed by atoms with Gasteiger partial charge < -0.3 is 14.6 Å².